The van der Waals surface area contributed by atoms with Crippen LogP contribution >= 0.6 is 0 Å². The molecule has 29 heavy (non-hydrogen) atoms. The number of aromatic hydroxyl groups is 1. The van der Waals surface area contributed by atoms with Gasteiger partial charge in [-0.3, -0.25) is 0 Å². The maximum Gasteiger partial charge on any atom is 0.338 e. The van der Waals surface area contributed by atoms with Crippen molar-refractivity contribution in [2.45, 2.75) is 6.92 Å². The summed E-state index contributed by atoms with van der Waals surface area (Å²) in [5.41, 5.74) is 2.60. The van der Waals surface area contributed by atoms with E-state index in [4.69, 9.17) is 4.74 Å². The zero-order chi connectivity index (χ0) is 20.2. The van der Waals surface area contributed by atoms with E-state index in [-0.39, 0.29) is 11.7 Å². The predicted octanol–water partition coefficient (Wildman–Crippen LogP) is 4.92. The Morgan fingerprint density at radius 1 is 0.931 bits per heavy atom. The normalized spacial score (nSPS) is 10.7. The van der Waals surface area contributed by atoms with Crippen LogP contribution in [0.5, 0.6) is 5.75 Å². The molecule has 6 heteroatoms. The van der Waals surface area contributed by atoms with E-state index in [1.165, 1.54) is 0 Å². The van der Waals surface area contributed by atoms with Crippen molar-refractivity contribution in [1.29, 1.82) is 0 Å². The van der Waals surface area contributed by atoms with Crippen LogP contribution in [0.2, 0.25) is 0 Å². The van der Waals surface area contributed by atoms with Crippen LogP contribution in [0.1, 0.15) is 17.3 Å². The molecule has 3 aromatic carbocycles. The van der Waals surface area contributed by atoms with Crippen molar-refractivity contribution >= 4 is 28.2 Å². The number of phenols is 1. The maximum absolute atomic E-state index is 11.9. The number of fused-ring (bicyclic) bond motifs is 1. The summed E-state index contributed by atoms with van der Waals surface area (Å²) in [4.78, 5) is 11.9. The summed E-state index contributed by atoms with van der Waals surface area (Å²) in [6, 6.07) is 21.8. The molecule has 0 saturated heterocycles. The molecule has 0 spiro atoms. The lowest BCUT2D eigenvalue weighted by Crippen LogP contribution is -2.04. The van der Waals surface area contributed by atoms with E-state index >= 15 is 0 Å². The highest BCUT2D eigenvalue weighted by Gasteiger charge is 2.13. The average Bonchev–Trinajstić information content (AvgIpc) is 2.76. The summed E-state index contributed by atoms with van der Waals surface area (Å²) >= 11 is 0. The van der Waals surface area contributed by atoms with Crippen LogP contribution in [0, 0.1) is 0 Å². The van der Waals surface area contributed by atoms with Gasteiger partial charge in [0, 0.05) is 16.3 Å². The Kier molecular flexibility index (Phi) is 5.07. The molecule has 6 nitrogen and oxygen atoms in total. The zero-order valence-electron chi connectivity index (χ0n) is 15.8. The van der Waals surface area contributed by atoms with Gasteiger partial charge in [0.25, 0.3) is 0 Å². The highest BCUT2D eigenvalue weighted by molar-refractivity contribution is 6.01. The fourth-order valence-corrected chi connectivity index (χ4v) is 3.09. The molecule has 0 amide bonds. The second kappa shape index (κ2) is 7.98. The molecule has 0 radical (unpaired) electrons. The molecule has 2 N–H and O–H groups in total. The van der Waals surface area contributed by atoms with Gasteiger partial charge >= 0.3 is 5.97 Å². The second-order valence-electron chi connectivity index (χ2n) is 6.38. The van der Waals surface area contributed by atoms with Crippen molar-refractivity contribution in [1.82, 2.24) is 10.2 Å². The lowest BCUT2D eigenvalue weighted by atomic mass is 10.0. The SMILES string of the molecule is CCOC(=O)c1ccc(-c2nnc(Nc3ccccc3O)c3ccccc23)cc1. The van der Waals surface area contributed by atoms with Gasteiger partial charge in [-0.1, -0.05) is 48.5 Å². The third kappa shape index (κ3) is 3.73. The molecule has 0 aliphatic rings. The minimum absolute atomic E-state index is 0.136. The van der Waals surface area contributed by atoms with Crippen LogP contribution in [0.25, 0.3) is 22.0 Å². The molecule has 0 unspecified atom stereocenters. The van der Waals surface area contributed by atoms with E-state index in [0.717, 1.165) is 16.3 Å². The number of phenolic OH excluding ortho intramolecular Hbond substituents is 1. The number of anilines is 2. The number of carbonyl (C=O) groups is 1. The van der Waals surface area contributed by atoms with Crippen LogP contribution in [0.15, 0.2) is 72.8 Å². The molecular weight excluding hydrogens is 366 g/mol. The van der Waals surface area contributed by atoms with Gasteiger partial charge in [-0.25, -0.2) is 4.79 Å². The standard InChI is InChI=1S/C23H19N3O3/c1-2-29-23(28)16-13-11-15(12-14-16)21-17-7-3-4-8-18(17)22(26-25-21)24-19-9-5-6-10-20(19)27/h3-14,27H,2H2,1H3,(H,24,26). The topological polar surface area (TPSA) is 84.3 Å². The van der Waals surface area contributed by atoms with Crippen LogP contribution in [-0.4, -0.2) is 27.9 Å². The smallest absolute Gasteiger partial charge is 0.338 e. The summed E-state index contributed by atoms with van der Waals surface area (Å²) in [5.74, 6) is 0.336. The first-order valence-electron chi connectivity index (χ1n) is 9.25. The number of hydrogen-bond acceptors (Lipinski definition) is 6. The number of benzene rings is 3. The summed E-state index contributed by atoms with van der Waals surface area (Å²) in [6.07, 6.45) is 0. The fourth-order valence-electron chi connectivity index (χ4n) is 3.09. The first kappa shape index (κ1) is 18.4. The summed E-state index contributed by atoms with van der Waals surface area (Å²) in [5, 5.41) is 23.7. The van der Waals surface area contributed by atoms with Gasteiger partial charge in [-0.05, 0) is 31.2 Å². The highest BCUT2D eigenvalue weighted by Crippen LogP contribution is 2.33. The largest absolute Gasteiger partial charge is 0.506 e. The molecule has 4 rings (SSSR count). The summed E-state index contributed by atoms with van der Waals surface area (Å²) < 4.78 is 5.03. The van der Waals surface area contributed by atoms with Gasteiger partial charge in [0.15, 0.2) is 5.82 Å². The Labute approximate surface area is 167 Å². The van der Waals surface area contributed by atoms with Crippen molar-refractivity contribution in [2.75, 3.05) is 11.9 Å². The van der Waals surface area contributed by atoms with Crippen LogP contribution in [0.4, 0.5) is 11.5 Å². The Balaban J connectivity index is 1.74. The second-order valence-corrected chi connectivity index (χ2v) is 6.38. The molecule has 1 heterocycles. The number of nitrogens with zero attached hydrogens (tertiary/aromatic N) is 2. The number of esters is 1. The van der Waals surface area contributed by atoms with Crippen molar-refractivity contribution in [3.8, 4) is 17.0 Å². The predicted molar refractivity (Wildman–Crippen MR) is 112 cm³/mol. The fraction of sp³-hybridized carbons (Fsp3) is 0.0870. The Hall–Kier alpha value is -3.93. The molecule has 0 atom stereocenters. The molecule has 4 aromatic rings. The highest BCUT2D eigenvalue weighted by atomic mass is 16.5. The average molecular weight is 385 g/mol. The first-order chi connectivity index (χ1) is 14.2. The van der Waals surface area contributed by atoms with Gasteiger partial charge in [-0.15, -0.1) is 10.2 Å². The van der Waals surface area contributed by atoms with Gasteiger partial charge in [0.1, 0.15) is 11.4 Å². The summed E-state index contributed by atoms with van der Waals surface area (Å²) in [7, 11) is 0. The van der Waals surface area contributed by atoms with E-state index in [9.17, 15) is 9.90 Å². The Morgan fingerprint density at radius 3 is 2.34 bits per heavy atom. The zero-order valence-corrected chi connectivity index (χ0v) is 15.8. The monoisotopic (exact) mass is 385 g/mol. The number of nitrogens with one attached hydrogen (secondary N) is 1. The number of ether oxygens (including phenoxy) is 1. The molecule has 0 aliphatic carbocycles. The molecule has 0 bridgehead atoms. The molecular formula is C23H19N3O3. The number of para-hydroxylation sites is 2. The molecule has 0 aliphatic heterocycles. The van der Waals surface area contributed by atoms with Gasteiger partial charge < -0.3 is 15.2 Å². The van der Waals surface area contributed by atoms with Gasteiger partial charge in [0.05, 0.1) is 17.9 Å². The van der Waals surface area contributed by atoms with E-state index in [1.54, 1.807) is 37.3 Å². The minimum atomic E-state index is -0.350. The van der Waals surface area contributed by atoms with Crippen LogP contribution in [0.3, 0.4) is 0 Å². The minimum Gasteiger partial charge on any atom is -0.506 e. The van der Waals surface area contributed by atoms with Crippen molar-refractivity contribution in [3.05, 3.63) is 78.4 Å². The van der Waals surface area contributed by atoms with Crippen LogP contribution in [-0.2, 0) is 4.74 Å². The third-order valence-corrected chi connectivity index (χ3v) is 4.51. The number of carbonyl (C=O) groups excluding carboxylic acids is 1. The lowest BCUT2D eigenvalue weighted by Gasteiger charge is -2.12. The van der Waals surface area contributed by atoms with E-state index in [2.05, 4.69) is 15.5 Å². The Morgan fingerprint density at radius 2 is 1.62 bits per heavy atom. The quantitative estimate of drug-likeness (QED) is 0.375. The van der Waals surface area contributed by atoms with Crippen molar-refractivity contribution in [3.63, 3.8) is 0 Å². The third-order valence-electron chi connectivity index (χ3n) is 4.51. The number of hydrogen-bond donors (Lipinski definition) is 2. The van der Waals surface area contributed by atoms with E-state index < -0.39 is 0 Å². The van der Waals surface area contributed by atoms with E-state index in [0.29, 0.717) is 29.4 Å². The van der Waals surface area contributed by atoms with Crippen molar-refractivity contribution in [2.24, 2.45) is 0 Å². The molecule has 0 fully saturated rings. The van der Waals surface area contributed by atoms with E-state index in [1.807, 2.05) is 42.5 Å². The molecule has 144 valence electrons. The van der Waals surface area contributed by atoms with Gasteiger partial charge in [0.2, 0.25) is 0 Å². The van der Waals surface area contributed by atoms with Gasteiger partial charge in [-0.2, -0.15) is 0 Å². The Bertz CT molecular complexity index is 1170. The maximum atomic E-state index is 11.9. The number of aromatic nitrogens is 2. The molecule has 1 aromatic heterocycles. The van der Waals surface area contributed by atoms with Crippen molar-refractivity contribution < 1.29 is 14.6 Å². The molecule has 0 saturated carbocycles. The number of rotatable bonds is 5. The first-order valence-corrected chi connectivity index (χ1v) is 9.25. The van der Waals surface area contributed by atoms with Crippen LogP contribution < -0.4 is 5.32 Å². The summed E-state index contributed by atoms with van der Waals surface area (Å²) in [6.45, 7) is 2.11. The lowest BCUT2D eigenvalue weighted by molar-refractivity contribution is 0.0526.